The molecule has 0 aromatic carbocycles. The van der Waals surface area contributed by atoms with Crippen LogP contribution in [0.25, 0.3) is 0 Å². The van der Waals surface area contributed by atoms with Crippen molar-refractivity contribution in [3.8, 4) is 0 Å². The summed E-state index contributed by atoms with van der Waals surface area (Å²) in [5, 5.41) is -5.71. The lowest BCUT2D eigenvalue weighted by molar-refractivity contribution is -0.261. The van der Waals surface area contributed by atoms with Crippen LogP contribution in [0.4, 0.5) is 22.0 Å². The maximum atomic E-state index is 13.5. The molecule has 0 aromatic heterocycles. The third-order valence-electron chi connectivity index (χ3n) is 5.17. The first-order valence-corrected chi connectivity index (χ1v) is 9.60. The Balaban J connectivity index is 1.64. The number of hydrogen-bond donors (Lipinski definition) is 1. The van der Waals surface area contributed by atoms with Crippen LogP contribution in [0.5, 0.6) is 0 Å². The minimum absolute atomic E-state index is 0.0279. The quantitative estimate of drug-likeness (QED) is 0.288. The number of halogens is 5. The first-order chi connectivity index (χ1) is 12.3. The van der Waals surface area contributed by atoms with Gasteiger partial charge in [-0.25, -0.2) is 0 Å². The van der Waals surface area contributed by atoms with Crippen LogP contribution in [0.15, 0.2) is 0 Å². The van der Waals surface area contributed by atoms with E-state index in [4.69, 9.17) is 14.0 Å². The summed E-state index contributed by atoms with van der Waals surface area (Å²) >= 11 is 0. The van der Waals surface area contributed by atoms with E-state index in [1.165, 1.54) is 0 Å². The molecule has 27 heavy (non-hydrogen) atoms. The molecule has 0 aromatic rings. The van der Waals surface area contributed by atoms with E-state index in [1.807, 2.05) is 0 Å². The average molecular weight is 424 g/mol. The number of esters is 1. The molecule has 6 atom stereocenters. The number of ether oxygens (including phenoxy) is 3. The van der Waals surface area contributed by atoms with Gasteiger partial charge in [-0.05, 0) is 31.1 Å². The number of hydrogen-bond acceptors (Lipinski definition) is 6. The highest BCUT2D eigenvalue weighted by atomic mass is 32.2. The second-order valence-corrected chi connectivity index (χ2v) is 8.55. The molecule has 3 rings (SSSR count). The summed E-state index contributed by atoms with van der Waals surface area (Å²) in [7, 11) is -6.44. The number of carbonyl (C=O) groups excluding carboxylic acids is 1. The van der Waals surface area contributed by atoms with E-state index in [9.17, 15) is 35.2 Å². The van der Waals surface area contributed by atoms with Crippen LogP contribution in [0.3, 0.4) is 0 Å². The van der Waals surface area contributed by atoms with Gasteiger partial charge in [0.05, 0.1) is 25.2 Å². The highest BCUT2D eigenvalue weighted by molar-refractivity contribution is 7.86. The maximum absolute atomic E-state index is 13.5. The molecule has 0 radical (unpaired) electrons. The van der Waals surface area contributed by atoms with Gasteiger partial charge < -0.3 is 14.2 Å². The minimum atomic E-state index is -6.44. The summed E-state index contributed by atoms with van der Waals surface area (Å²) in [5.74, 6) is -3.15. The zero-order valence-electron chi connectivity index (χ0n) is 13.7. The van der Waals surface area contributed by atoms with E-state index in [2.05, 4.69) is 4.74 Å². The SMILES string of the molecule is O=C(OC(C(F)(F)F)C(F)(F)S(=O)(=O)O)C1CC2CC1CC2OCC1CO1. The van der Waals surface area contributed by atoms with Gasteiger partial charge in [-0.1, -0.05) is 0 Å². The van der Waals surface area contributed by atoms with Gasteiger partial charge in [-0.15, -0.1) is 0 Å². The van der Waals surface area contributed by atoms with Gasteiger partial charge in [0.25, 0.3) is 6.10 Å². The summed E-state index contributed by atoms with van der Waals surface area (Å²) in [4.78, 5) is 12.1. The van der Waals surface area contributed by atoms with Gasteiger partial charge in [-0.3, -0.25) is 9.35 Å². The topological polar surface area (TPSA) is 102 Å². The molecule has 6 unspecified atom stereocenters. The molecular weight excluding hydrogens is 407 g/mol. The molecular formula is C14H17F5O7S. The Hall–Kier alpha value is -1.05. The Morgan fingerprint density at radius 2 is 1.78 bits per heavy atom. The van der Waals surface area contributed by atoms with Crippen LogP contribution in [0.1, 0.15) is 19.3 Å². The molecule has 2 bridgehead atoms. The number of fused-ring (bicyclic) bond motifs is 2. The van der Waals surface area contributed by atoms with Gasteiger partial charge in [-0.2, -0.15) is 30.4 Å². The second kappa shape index (κ2) is 6.78. The average Bonchev–Trinajstić information content (AvgIpc) is 3.14. The van der Waals surface area contributed by atoms with E-state index in [1.54, 1.807) is 0 Å². The van der Waals surface area contributed by atoms with Gasteiger partial charge >= 0.3 is 27.5 Å². The van der Waals surface area contributed by atoms with Crippen LogP contribution in [0.2, 0.25) is 0 Å². The van der Waals surface area contributed by atoms with Crippen molar-refractivity contribution < 1.29 is 53.9 Å². The summed E-state index contributed by atoms with van der Waals surface area (Å²) in [6.07, 6.45) is -9.40. The molecule has 2 saturated carbocycles. The van der Waals surface area contributed by atoms with Crippen LogP contribution in [0, 0.1) is 17.8 Å². The summed E-state index contributed by atoms with van der Waals surface area (Å²) < 4.78 is 110. The lowest BCUT2D eigenvalue weighted by Crippen LogP contribution is -2.53. The summed E-state index contributed by atoms with van der Waals surface area (Å²) in [5.41, 5.74) is 0. The largest absolute Gasteiger partial charge is 0.444 e. The molecule has 13 heteroatoms. The van der Waals surface area contributed by atoms with E-state index >= 15 is 0 Å². The molecule has 3 aliphatic rings. The van der Waals surface area contributed by atoms with Crippen molar-refractivity contribution >= 4 is 16.1 Å². The highest BCUT2D eigenvalue weighted by Gasteiger charge is 2.66. The first kappa shape index (κ1) is 20.7. The predicted molar refractivity (Wildman–Crippen MR) is 76.2 cm³/mol. The number of alkyl halides is 5. The molecule has 1 aliphatic heterocycles. The molecule has 0 amide bonds. The summed E-state index contributed by atoms with van der Waals surface area (Å²) in [6.45, 7) is 0.969. The van der Waals surface area contributed by atoms with Crippen molar-refractivity contribution in [2.24, 2.45) is 17.8 Å². The molecule has 1 N–H and O–H groups in total. The van der Waals surface area contributed by atoms with Crippen molar-refractivity contribution in [3.63, 3.8) is 0 Å². The Kier molecular flexibility index (Phi) is 5.19. The van der Waals surface area contributed by atoms with E-state index in [0.717, 1.165) is 0 Å². The number of epoxide rings is 1. The third-order valence-corrected chi connectivity index (χ3v) is 6.08. The third kappa shape index (κ3) is 4.20. The van der Waals surface area contributed by atoms with E-state index < -0.39 is 45.5 Å². The van der Waals surface area contributed by atoms with Gasteiger partial charge in [0.1, 0.15) is 6.10 Å². The molecule has 156 valence electrons. The van der Waals surface area contributed by atoms with Crippen LogP contribution < -0.4 is 0 Å². The first-order valence-electron chi connectivity index (χ1n) is 8.16. The standard InChI is InChI=1S/C14H17F5O7S/c15-13(16,17)12(14(18,19)27(21,22)23)26-11(20)9-2-7-1-6(9)3-10(7)25-5-8-4-24-8/h6-10,12H,1-5H2,(H,21,22,23). The van der Waals surface area contributed by atoms with Crippen molar-refractivity contribution in [1.82, 2.24) is 0 Å². The maximum Gasteiger partial charge on any atom is 0.432 e. The lowest BCUT2D eigenvalue weighted by Gasteiger charge is -2.30. The fourth-order valence-corrected chi connectivity index (χ4v) is 4.23. The number of rotatable bonds is 7. The molecule has 1 heterocycles. The predicted octanol–water partition coefficient (Wildman–Crippen LogP) is 1.77. The fourth-order valence-electron chi connectivity index (χ4n) is 3.78. The molecule has 1 saturated heterocycles. The second-order valence-electron chi connectivity index (χ2n) is 7.06. The van der Waals surface area contributed by atoms with Crippen LogP contribution in [-0.2, 0) is 29.1 Å². The highest BCUT2D eigenvalue weighted by Crippen LogP contribution is 2.51. The summed E-state index contributed by atoms with van der Waals surface area (Å²) in [6, 6.07) is 0. The Labute approximate surface area is 150 Å². The Morgan fingerprint density at radius 3 is 2.22 bits per heavy atom. The molecule has 3 fully saturated rings. The molecule has 2 aliphatic carbocycles. The Bertz CT molecular complexity index is 690. The monoisotopic (exact) mass is 424 g/mol. The van der Waals surface area contributed by atoms with Crippen LogP contribution >= 0.6 is 0 Å². The molecule has 7 nitrogen and oxygen atoms in total. The number of carbonyl (C=O) groups is 1. The fraction of sp³-hybridized carbons (Fsp3) is 0.929. The van der Waals surface area contributed by atoms with Crippen molar-refractivity contribution in [1.29, 1.82) is 0 Å². The van der Waals surface area contributed by atoms with Crippen molar-refractivity contribution in [2.45, 2.75) is 49.0 Å². The van der Waals surface area contributed by atoms with Crippen molar-refractivity contribution in [3.05, 3.63) is 0 Å². The zero-order chi connectivity index (χ0) is 20.2. The Morgan fingerprint density at radius 1 is 1.15 bits per heavy atom. The lowest BCUT2D eigenvalue weighted by atomic mass is 9.87. The van der Waals surface area contributed by atoms with Gasteiger partial charge in [0, 0.05) is 0 Å². The zero-order valence-corrected chi connectivity index (χ0v) is 14.5. The van der Waals surface area contributed by atoms with Crippen LogP contribution in [-0.4, -0.2) is 61.9 Å². The normalized spacial score (nSPS) is 34.5. The minimum Gasteiger partial charge on any atom is -0.444 e. The van der Waals surface area contributed by atoms with Gasteiger partial charge in [0.15, 0.2) is 0 Å². The molecule has 0 spiro atoms. The van der Waals surface area contributed by atoms with Gasteiger partial charge in [0.2, 0.25) is 0 Å². The van der Waals surface area contributed by atoms with E-state index in [-0.39, 0.29) is 24.5 Å². The van der Waals surface area contributed by atoms with E-state index in [0.29, 0.717) is 26.1 Å². The van der Waals surface area contributed by atoms with Crippen molar-refractivity contribution in [2.75, 3.05) is 13.2 Å². The smallest absolute Gasteiger partial charge is 0.432 e.